The standard InChI is InChI=1S/C22H25F3N4O2.HI/c1-2-26-21(27-11-12-31-17-9-7-16(8-10-17)22(23,24)25)28-14-15-13-20(30)29-19-6-4-3-5-18(15)19;/h3-10,15H,2,11-14H2,1H3,(H,29,30)(H2,26,27,28);1H. The van der Waals surface area contributed by atoms with Gasteiger partial charge in [0.1, 0.15) is 12.4 Å². The Balaban J connectivity index is 0.00000363. The average Bonchev–Trinajstić information content (AvgIpc) is 2.74. The number of alkyl halides is 3. The molecule has 0 fully saturated rings. The van der Waals surface area contributed by atoms with Crippen molar-refractivity contribution in [1.29, 1.82) is 0 Å². The number of guanidine groups is 1. The molecular weight excluding hydrogens is 536 g/mol. The number of hydrogen-bond acceptors (Lipinski definition) is 3. The van der Waals surface area contributed by atoms with Crippen molar-refractivity contribution < 1.29 is 22.7 Å². The molecule has 1 aliphatic rings. The van der Waals surface area contributed by atoms with Crippen LogP contribution in [0.3, 0.4) is 0 Å². The highest BCUT2D eigenvalue weighted by Crippen LogP contribution is 2.32. The Morgan fingerprint density at radius 2 is 1.88 bits per heavy atom. The van der Waals surface area contributed by atoms with Gasteiger partial charge in [-0.1, -0.05) is 18.2 Å². The van der Waals surface area contributed by atoms with Crippen LogP contribution in [0.2, 0.25) is 0 Å². The maximum Gasteiger partial charge on any atom is 0.416 e. The van der Waals surface area contributed by atoms with E-state index in [4.69, 9.17) is 4.74 Å². The van der Waals surface area contributed by atoms with Gasteiger partial charge in [-0.15, -0.1) is 24.0 Å². The van der Waals surface area contributed by atoms with Crippen LogP contribution in [0.5, 0.6) is 5.75 Å². The summed E-state index contributed by atoms with van der Waals surface area (Å²) in [5, 5.41) is 9.15. The van der Waals surface area contributed by atoms with Crippen LogP contribution >= 0.6 is 24.0 Å². The molecule has 6 nitrogen and oxygen atoms in total. The van der Waals surface area contributed by atoms with E-state index in [1.807, 2.05) is 31.2 Å². The van der Waals surface area contributed by atoms with E-state index in [2.05, 4.69) is 20.9 Å². The molecule has 0 saturated carbocycles. The molecule has 0 radical (unpaired) electrons. The zero-order chi connectivity index (χ0) is 22.3. The van der Waals surface area contributed by atoms with E-state index in [-0.39, 0.29) is 42.4 Å². The van der Waals surface area contributed by atoms with Crippen LogP contribution < -0.4 is 20.7 Å². The Labute approximate surface area is 202 Å². The molecular formula is C22H26F3IN4O2. The number of para-hydroxylation sites is 1. The fraction of sp³-hybridized carbons (Fsp3) is 0.364. The summed E-state index contributed by atoms with van der Waals surface area (Å²) in [6.45, 7) is 3.71. The van der Waals surface area contributed by atoms with E-state index in [0.717, 1.165) is 23.4 Å². The number of nitrogens with zero attached hydrogens (tertiary/aromatic N) is 1. The van der Waals surface area contributed by atoms with Crippen LogP contribution in [0.4, 0.5) is 18.9 Å². The van der Waals surface area contributed by atoms with Crippen molar-refractivity contribution in [2.24, 2.45) is 4.99 Å². The van der Waals surface area contributed by atoms with E-state index < -0.39 is 11.7 Å². The molecule has 3 N–H and O–H groups in total. The van der Waals surface area contributed by atoms with E-state index >= 15 is 0 Å². The first kappa shape index (κ1) is 25.8. The van der Waals surface area contributed by atoms with Crippen LogP contribution in [-0.4, -0.2) is 38.1 Å². The zero-order valence-corrected chi connectivity index (χ0v) is 19.9. The molecule has 174 valence electrons. The number of fused-ring (bicyclic) bond motifs is 1. The number of carbonyl (C=O) groups is 1. The highest BCUT2D eigenvalue weighted by Gasteiger charge is 2.30. The maximum absolute atomic E-state index is 12.6. The molecule has 0 saturated heterocycles. The molecule has 1 heterocycles. The summed E-state index contributed by atoms with van der Waals surface area (Å²) < 4.78 is 43.3. The number of halogens is 4. The van der Waals surface area contributed by atoms with Crippen molar-refractivity contribution in [3.8, 4) is 5.75 Å². The second-order valence-corrected chi connectivity index (χ2v) is 7.05. The first-order valence-electron chi connectivity index (χ1n) is 10.1. The molecule has 1 aliphatic heterocycles. The van der Waals surface area contributed by atoms with Gasteiger partial charge in [-0.3, -0.25) is 9.79 Å². The molecule has 1 atom stereocenters. The van der Waals surface area contributed by atoms with Crippen molar-refractivity contribution in [3.05, 3.63) is 59.7 Å². The number of amides is 1. The summed E-state index contributed by atoms with van der Waals surface area (Å²) in [5.41, 5.74) is 1.17. The lowest BCUT2D eigenvalue weighted by atomic mass is 9.91. The Morgan fingerprint density at radius 3 is 2.56 bits per heavy atom. The summed E-state index contributed by atoms with van der Waals surface area (Å²) in [4.78, 5) is 16.5. The number of carbonyl (C=O) groups excluding carboxylic acids is 1. The molecule has 0 aromatic heterocycles. The van der Waals surface area contributed by atoms with Crippen LogP contribution in [0.15, 0.2) is 53.5 Å². The third-order valence-corrected chi connectivity index (χ3v) is 4.77. The normalized spacial score (nSPS) is 15.8. The predicted octanol–water partition coefficient (Wildman–Crippen LogP) is 4.38. The molecule has 10 heteroatoms. The van der Waals surface area contributed by atoms with E-state index in [1.165, 1.54) is 12.1 Å². The van der Waals surface area contributed by atoms with Gasteiger partial charge in [-0.25, -0.2) is 0 Å². The molecule has 1 unspecified atom stereocenters. The van der Waals surface area contributed by atoms with Gasteiger partial charge < -0.3 is 20.7 Å². The molecule has 32 heavy (non-hydrogen) atoms. The van der Waals surface area contributed by atoms with Crippen LogP contribution in [-0.2, 0) is 11.0 Å². The third-order valence-electron chi connectivity index (χ3n) is 4.77. The lowest BCUT2D eigenvalue weighted by Gasteiger charge is -2.24. The fourth-order valence-electron chi connectivity index (χ4n) is 3.29. The highest BCUT2D eigenvalue weighted by atomic mass is 127. The molecule has 2 aromatic rings. The van der Waals surface area contributed by atoms with Crippen LogP contribution in [0, 0.1) is 0 Å². The van der Waals surface area contributed by atoms with E-state index in [9.17, 15) is 18.0 Å². The number of ether oxygens (including phenoxy) is 1. The van der Waals surface area contributed by atoms with Crippen molar-refractivity contribution in [2.45, 2.75) is 25.4 Å². The topological polar surface area (TPSA) is 74.8 Å². The monoisotopic (exact) mass is 562 g/mol. The Hall–Kier alpha value is -2.50. The largest absolute Gasteiger partial charge is 0.492 e. The quantitative estimate of drug-likeness (QED) is 0.203. The first-order chi connectivity index (χ1) is 14.9. The van der Waals surface area contributed by atoms with Crippen molar-refractivity contribution >= 4 is 41.5 Å². The molecule has 2 aromatic carbocycles. The van der Waals surface area contributed by atoms with Gasteiger partial charge in [-0.05, 0) is 42.8 Å². The van der Waals surface area contributed by atoms with Crippen LogP contribution in [0.1, 0.15) is 30.4 Å². The minimum Gasteiger partial charge on any atom is -0.492 e. The zero-order valence-electron chi connectivity index (χ0n) is 17.5. The smallest absolute Gasteiger partial charge is 0.416 e. The summed E-state index contributed by atoms with van der Waals surface area (Å²) in [6.07, 6.45) is -3.99. The van der Waals surface area contributed by atoms with Crippen LogP contribution in [0.25, 0.3) is 0 Å². The van der Waals surface area contributed by atoms with Gasteiger partial charge in [0.05, 0.1) is 18.7 Å². The maximum atomic E-state index is 12.6. The lowest BCUT2D eigenvalue weighted by molar-refractivity contribution is -0.137. The molecule has 0 bridgehead atoms. The summed E-state index contributed by atoms with van der Waals surface area (Å²) in [5.74, 6) is 0.911. The van der Waals surface area contributed by atoms with E-state index in [1.54, 1.807) is 0 Å². The summed E-state index contributed by atoms with van der Waals surface area (Å²) in [6, 6.07) is 12.3. The number of anilines is 1. The molecule has 3 rings (SSSR count). The van der Waals surface area contributed by atoms with Gasteiger partial charge in [0.15, 0.2) is 5.96 Å². The van der Waals surface area contributed by atoms with Gasteiger partial charge in [0, 0.05) is 24.6 Å². The second-order valence-electron chi connectivity index (χ2n) is 7.05. The van der Waals surface area contributed by atoms with Crippen molar-refractivity contribution in [1.82, 2.24) is 10.6 Å². The van der Waals surface area contributed by atoms with Gasteiger partial charge in [0.25, 0.3) is 0 Å². The number of nitrogens with one attached hydrogen (secondary N) is 3. The highest BCUT2D eigenvalue weighted by molar-refractivity contribution is 14.0. The fourth-order valence-corrected chi connectivity index (χ4v) is 3.29. The number of rotatable bonds is 7. The van der Waals surface area contributed by atoms with E-state index in [0.29, 0.717) is 37.8 Å². The number of hydrogen-bond donors (Lipinski definition) is 3. The predicted molar refractivity (Wildman–Crippen MR) is 129 cm³/mol. The molecule has 0 spiro atoms. The minimum absolute atomic E-state index is 0. The number of aliphatic imine (C=N–C) groups is 1. The Bertz CT molecular complexity index is 920. The molecule has 0 aliphatic carbocycles. The number of benzene rings is 2. The van der Waals surface area contributed by atoms with Gasteiger partial charge in [-0.2, -0.15) is 13.2 Å². The van der Waals surface area contributed by atoms with Gasteiger partial charge in [0.2, 0.25) is 5.91 Å². The summed E-state index contributed by atoms with van der Waals surface area (Å²) >= 11 is 0. The lowest BCUT2D eigenvalue weighted by Crippen LogP contribution is -2.39. The van der Waals surface area contributed by atoms with Crippen molar-refractivity contribution in [2.75, 3.05) is 31.6 Å². The SMILES string of the molecule is CCNC(=NCC1CC(=O)Nc2ccccc21)NCCOc1ccc(C(F)(F)F)cc1.I. The summed E-state index contributed by atoms with van der Waals surface area (Å²) in [7, 11) is 0. The van der Waals surface area contributed by atoms with Crippen molar-refractivity contribution in [3.63, 3.8) is 0 Å². The Morgan fingerprint density at radius 1 is 1.16 bits per heavy atom. The second kappa shape index (κ2) is 11.9. The first-order valence-corrected chi connectivity index (χ1v) is 10.1. The third kappa shape index (κ3) is 7.28. The van der Waals surface area contributed by atoms with Gasteiger partial charge >= 0.3 is 6.18 Å². The minimum atomic E-state index is -4.36. The Kier molecular flexibility index (Phi) is 9.60. The average molecular weight is 562 g/mol. The molecule has 1 amide bonds.